The summed E-state index contributed by atoms with van der Waals surface area (Å²) in [5.74, 6) is -1.84. The number of alkyl halides is 3. The lowest BCUT2D eigenvalue weighted by atomic mass is 10.3. The van der Waals surface area contributed by atoms with Gasteiger partial charge in [0.05, 0.1) is 5.56 Å². The number of hydrogen-bond donors (Lipinski definition) is 2. The molecule has 1 atom stereocenters. The summed E-state index contributed by atoms with van der Waals surface area (Å²) in [6.45, 7) is 1.91. The molecule has 0 spiro atoms. The summed E-state index contributed by atoms with van der Waals surface area (Å²) < 4.78 is 36.4. The SMILES string of the molecule is CC(N)CNC(=O)c1cnc(C(F)(F)F)nc1. The molecule has 0 aromatic carbocycles. The first-order valence-electron chi connectivity index (χ1n) is 4.73. The Labute approximate surface area is 95.2 Å². The molecule has 3 N–H and O–H groups in total. The summed E-state index contributed by atoms with van der Waals surface area (Å²) >= 11 is 0. The van der Waals surface area contributed by atoms with E-state index in [9.17, 15) is 18.0 Å². The number of rotatable bonds is 3. The van der Waals surface area contributed by atoms with Gasteiger partial charge in [-0.05, 0) is 6.92 Å². The van der Waals surface area contributed by atoms with Crippen LogP contribution in [0.3, 0.4) is 0 Å². The predicted octanol–water partition coefficient (Wildman–Crippen LogP) is 0.572. The van der Waals surface area contributed by atoms with Crippen LogP contribution >= 0.6 is 0 Å². The van der Waals surface area contributed by atoms with Crippen molar-refractivity contribution in [3.05, 3.63) is 23.8 Å². The Morgan fingerprint density at radius 2 is 2.00 bits per heavy atom. The lowest BCUT2D eigenvalue weighted by molar-refractivity contribution is -0.145. The molecule has 0 saturated heterocycles. The summed E-state index contributed by atoms with van der Waals surface area (Å²) in [7, 11) is 0. The first-order chi connectivity index (χ1) is 7.80. The number of amides is 1. The molecule has 17 heavy (non-hydrogen) atoms. The molecule has 0 aliphatic rings. The number of aromatic nitrogens is 2. The standard InChI is InChI=1S/C9H11F3N4O/c1-5(13)2-14-7(17)6-3-15-8(16-4-6)9(10,11)12/h3-5H,2,13H2,1H3,(H,14,17). The van der Waals surface area contributed by atoms with Gasteiger partial charge in [-0.15, -0.1) is 0 Å². The van der Waals surface area contributed by atoms with Gasteiger partial charge in [0.1, 0.15) is 0 Å². The van der Waals surface area contributed by atoms with Gasteiger partial charge in [0.25, 0.3) is 5.91 Å². The van der Waals surface area contributed by atoms with Gasteiger partial charge in [0.15, 0.2) is 0 Å². The van der Waals surface area contributed by atoms with E-state index in [1.165, 1.54) is 0 Å². The minimum Gasteiger partial charge on any atom is -0.350 e. The molecule has 0 radical (unpaired) electrons. The van der Waals surface area contributed by atoms with Crippen LogP contribution in [0.15, 0.2) is 12.4 Å². The maximum absolute atomic E-state index is 12.1. The molecule has 1 amide bonds. The highest BCUT2D eigenvalue weighted by Gasteiger charge is 2.34. The van der Waals surface area contributed by atoms with Crippen molar-refractivity contribution in [3.8, 4) is 0 Å². The van der Waals surface area contributed by atoms with E-state index >= 15 is 0 Å². The van der Waals surface area contributed by atoms with E-state index in [1.807, 2.05) is 0 Å². The number of nitrogens with one attached hydrogen (secondary N) is 1. The number of carbonyl (C=O) groups excluding carboxylic acids is 1. The van der Waals surface area contributed by atoms with E-state index in [4.69, 9.17) is 5.73 Å². The Kier molecular flexibility index (Phi) is 4.00. The average Bonchev–Trinajstić information content (AvgIpc) is 2.25. The van der Waals surface area contributed by atoms with E-state index in [1.54, 1.807) is 6.92 Å². The smallest absolute Gasteiger partial charge is 0.350 e. The van der Waals surface area contributed by atoms with Crippen LogP contribution in [0.4, 0.5) is 13.2 Å². The first-order valence-corrected chi connectivity index (χ1v) is 4.73. The molecule has 0 fully saturated rings. The molecule has 1 unspecified atom stereocenters. The Bertz CT molecular complexity index is 388. The second-order valence-corrected chi connectivity index (χ2v) is 3.48. The second-order valence-electron chi connectivity index (χ2n) is 3.48. The molecule has 0 saturated carbocycles. The molecule has 0 bridgehead atoms. The minimum atomic E-state index is -4.61. The van der Waals surface area contributed by atoms with Crippen molar-refractivity contribution in [3.63, 3.8) is 0 Å². The van der Waals surface area contributed by atoms with E-state index in [-0.39, 0.29) is 18.2 Å². The number of carbonyl (C=O) groups is 1. The highest BCUT2D eigenvalue weighted by Crippen LogP contribution is 2.25. The third-order valence-corrected chi connectivity index (χ3v) is 1.75. The van der Waals surface area contributed by atoms with E-state index in [0.29, 0.717) is 0 Å². The number of hydrogen-bond acceptors (Lipinski definition) is 4. The fourth-order valence-corrected chi connectivity index (χ4v) is 0.947. The summed E-state index contributed by atoms with van der Waals surface area (Å²) in [6, 6.07) is -0.241. The maximum Gasteiger partial charge on any atom is 0.451 e. The number of nitrogens with zero attached hydrogens (tertiary/aromatic N) is 2. The van der Waals surface area contributed by atoms with Crippen LogP contribution in [0, 0.1) is 0 Å². The third kappa shape index (κ3) is 3.99. The van der Waals surface area contributed by atoms with Gasteiger partial charge in [0, 0.05) is 25.0 Å². The molecule has 1 rings (SSSR count). The lowest BCUT2D eigenvalue weighted by Crippen LogP contribution is -2.35. The van der Waals surface area contributed by atoms with Crippen molar-refractivity contribution in [1.82, 2.24) is 15.3 Å². The van der Waals surface area contributed by atoms with E-state index in [0.717, 1.165) is 12.4 Å². The predicted molar refractivity (Wildman–Crippen MR) is 53.0 cm³/mol. The fourth-order valence-electron chi connectivity index (χ4n) is 0.947. The molecule has 5 nitrogen and oxygen atoms in total. The van der Waals surface area contributed by atoms with E-state index in [2.05, 4.69) is 15.3 Å². The molecular weight excluding hydrogens is 237 g/mol. The van der Waals surface area contributed by atoms with Crippen molar-refractivity contribution in [2.24, 2.45) is 5.73 Å². The monoisotopic (exact) mass is 248 g/mol. The van der Waals surface area contributed by atoms with Gasteiger partial charge in [-0.25, -0.2) is 9.97 Å². The largest absolute Gasteiger partial charge is 0.451 e. The first kappa shape index (κ1) is 13.4. The summed E-state index contributed by atoms with van der Waals surface area (Å²) in [6.07, 6.45) is -2.96. The molecular formula is C9H11F3N4O. The Balaban J connectivity index is 2.71. The molecule has 1 aromatic rings. The van der Waals surface area contributed by atoms with Crippen LogP contribution < -0.4 is 11.1 Å². The van der Waals surface area contributed by atoms with E-state index < -0.39 is 17.9 Å². The van der Waals surface area contributed by atoms with Crippen LogP contribution in [0.5, 0.6) is 0 Å². The number of halogens is 3. The van der Waals surface area contributed by atoms with Crippen LogP contribution in [-0.4, -0.2) is 28.5 Å². The Morgan fingerprint density at radius 1 is 1.47 bits per heavy atom. The van der Waals surface area contributed by atoms with Crippen molar-refractivity contribution in [2.75, 3.05) is 6.54 Å². The van der Waals surface area contributed by atoms with Gasteiger partial charge in [-0.1, -0.05) is 0 Å². The zero-order valence-corrected chi connectivity index (χ0v) is 8.95. The average molecular weight is 248 g/mol. The Morgan fingerprint density at radius 3 is 2.41 bits per heavy atom. The van der Waals surface area contributed by atoms with Crippen LogP contribution in [0.1, 0.15) is 23.1 Å². The van der Waals surface area contributed by atoms with Crippen molar-refractivity contribution in [2.45, 2.75) is 19.1 Å². The molecule has 8 heteroatoms. The number of nitrogens with two attached hydrogens (primary N) is 1. The normalized spacial score (nSPS) is 13.2. The maximum atomic E-state index is 12.1. The van der Waals surface area contributed by atoms with Gasteiger partial charge in [0.2, 0.25) is 5.82 Å². The Hall–Kier alpha value is -1.70. The molecule has 1 aromatic heterocycles. The summed E-state index contributed by atoms with van der Waals surface area (Å²) in [5.41, 5.74) is 5.36. The summed E-state index contributed by atoms with van der Waals surface area (Å²) in [5, 5.41) is 2.43. The van der Waals surface area contributed by atoms with Crippen LogP contribution in [-0.2, 0) is 6.18 Å². The molecule has 0 aliphatic heterocycles. The van der Waals surface area contributed by atoms with Crippen molar-refractivity contribution < 1.29 is 18.0 Å². The zero-order chi connectivity index (χ0) is 13.1. The van der Waals surface area contributed by atoms with Gasteiger partial charge >= 0.3 is 6.18 Å². The van der Waals surface area contributed by atoms with Crippen LogP contribution in [0.2, 0.25) is 0 Å². The topological polar surface area (TPSA) is 80.9 Å². The highest BCUT2D eigenvalue weighted by molar-refractivity contribution is 5.93. The molecule has 94 valence electrons. The van der Waals surface area contributed by atoms with Crippen LogP contribution in [0.25, 0.3) is 0 Å². The fraction of sp³-hybridized carbons (Fsp3) is 0.444. The lowest BCUT2D eigenvalue weighted by Gasteiger charge is -2.08. The van der Waals surface area contributed by atoms with Gasteiger partial charge < -0.3 is 11.1 Å². The zero-order valence-electron chi connectivity index (χ0n) is 8.95. The summed E-state index contributed by atoms with van der Waals surface area (Å²) in [4.78, 5) is 17.5. The highest BCUT2D eigenvalue weighted by atomic mass is 19.4. The molecule has 0 aliphatic carbocycles. The minimum absolute atomic E-state index is 0.0429. The van der Waals surface area contributed by atoms with Crippen molar-refractivity contribution in [1.29, 1.82) is 0 Å². The quantitative estimate of drug-likeness (QED) is 0.819. The van der Waals surface area contributed by atoms with Gasteiger partial charge in [-0.2, -0.15) is 13.2 Å². The second kappa shape index (κ2) is 5.09. The van der Waals surface area contributed by atoms with Crippen molar-refractivity contribution >= 4 is 5.91 Å². The molecule has 1 heterocycles. The van der Waals surface area contributed by atoms with Gasteiger partial charge in [-0.3, -0.25) is 4.79 Å². The third-order valence-electron chi connectivity index (χ3n) is 1.75.